The van der Waals surface area contributed by atoms with Gasteiger partial charge in [-0.3, -0.25) is 4.90 Å². The molecule has 3 rings (SSSR count). The Morgan fingerprint density at radius 2 is 2.17 bits per heavy atom. The topological polar surface area (TPSA) is 15.3 Å². The first-order valence-electron chi connectivity index (χ1n) is 6.71. The highest BCUT2D eigenvalue weighted by Gasteiger charge is 2.35. The van der Waals surface area contributed by atoms with E-state index in [1.807, 2.05) is 0 Å². The number of hydrogen-bond donors (Lipinski definition) is 1. The van der Waals surface area contributed by atoms with E-state index in [2.05, 4.69) is 48.3 Å². The largest absolute Gasteiger partial charge is 0.316 e. The first-order valence-corrected chi connectivity index (χ1v) is 6.71. The van der Waals surface area contributed by atoms with E-state index in [0.717, 1.165) is 6.54 Å². The maximum Gasteiger partial charge on any atom is 0.0326 e. The second-order valence-electron chi connectivity index (χ2n) is 6.02. The van der Waals surface area contributed by atoms with Crippen LogP contribution in [0.1, 0.15) is 37.4 Å². The molecule has 3 heteroatoms. The van der Waals surface area contributed by atoms with E-state index in [4.69, 9.17) is 0 Å². The number of benzene rings is 1. The molecular formula is C15H23ClN2. The summed E-state index contributed by atoms with van der Waals surface area (Å²) >= 11 is 0. The third kappa shape index (κ3) is 2.42. The second-order valence-corrected chi connectivity index (χ2v) is 6.02. The fraction of sp³-hybridized carbons (Fsp3) is 0.600. The van der Waals surface area contributed by atoms with Crippen LogP contribution in [-0.4, -0.2) is 24.5 Å². The number of hydrogen-bond acceptors (Lipinski definition) is 2. The van der Waals surface area contributed by atoms with Gasteiger partial charge in [-0.1, -0.05) is 31.2 Å². The minimum atomic E-state index is 0. The minimum Gasteiger partial charge on any atom is -0.316 e. The van der Waals surface area contributed by atoms with E-state index in [0.29, 0.717) is 11.5 Å². The Morgan fingerprint density at radius 1 is 1.39 bits per heavy atom. The van der Waals surface area contributed by atoms with Crippen LogP contribution in [-0.2, 0) is 6.54 Å². The zero-order valence-corrected chi connectivity index (χ0v) is 12.1. The highest BCUT2D eigenvalue weighted by Crippen LogP contribution is 2.37. The summed E-state index contributed by atoms with van der Waals surface area (Å²) in [5.74, 6) is 0. The molecule has 2 aliphatic heterocycles. The lowest BCUT2D eigenvalue weighted by atomic mass is 9.89. The Balaban J connectivity index is 0.00000120. The molecule has 2 nitrogen and oxygen atoms in total. The van der Waals surface area contributed by atoms with E-state index in [1.165, 1.54) is 37.2 Å². The molecule has 1 aromatic rings. The van der Waals surface area contributed by atoms with E-state index < -0.39 is 0 Å². The molecule has 0 radical (unpaired) electrons. The SMILES string of the molecule is CC1c2ccccc2CN1CC1(C)CCNC1.Cl. The molecule has 18 heavy (non-hydrogen) atoms. The van der Waals surface area contributed by atoms with E-state index in [1.54, 1.807) is 0 Å². The van der Waals surface area contributed by atoms with Gasteiger partial charge < -0.3 is 5.32 Å². The molecule has 2 aliphatic rings. The van der Waals surface area contributed by atoms with Crippen molar-refractivity contribution in [2.75, 3.05) is 19.6 Å². The molecule has 2 heterocycles. The van der Waals surface area contributed by atoms with Crippen LogP contribution in [0.3, 0.4) is 0 Å². The number of nitrogens with zero attached hydrogens (tertiary/aromatic N) is 1. The highest BCUT2D eigenvalue weighted by atomic mass is 35.5. The molecule has 0 aromatic heterocycles. The molecule has 100 valence electrons. The average Bonchev–Trinajstić information content (AvgIpc) is 2.86. The van der Waals surface area contributed by atoms with Gasteiger partial charge in [0.2, 0.25) is 0 Å². The molecule has 2 unspecified atom stereocenters. The first kappa shape index (κ1) is 13.9. The normalized spacial score (nSPS) is 31.1. The van der Waals surface area contributed by atoms with Crippen molar-refractivity contribution >= 4 is 12.4 Å². The molecule has 0 amide bonds. The van der Waals surface area contributed by atoms with Gasteiger partial charge in [-0.05, 0) is 36.4 Å². The number of nitrogens with one attached hydrogen (secondary N) is 1. The van der Waals surface area contributed by atoms with Crippen LogP contribution in [0.25, 0.3) is 0 Å². The second kappa shape index (κ2) is 5.20. The van der Waals surface area contributed by atoms with Crippen molar-refractivity contribution in [1.82, 2.24) is 10.2 Å². The molecule has 0 saturated carbocycles. The minimum absolute atomic E-state index is 0. The lowest BCUT2D eigenvalue weighted by Gasteiger charge is -2.31. The van der Waals surface area contributed by atoms with Gasteiger partial charge >= 0.3 is 0 Å². The smallest absolute Gasteiger partial charge is 0.0326 e. The fourth-order valence-electron chi connectivity index (χ4n) is 3.32. The number of fused-ring (bicyclic) bond motifs is 1. The maximum atomic E-state index is 3.50. The van der Waals surface area contributed by atoms with E-state index in [9.17, 15) is 0 Å². The molecular weight excluding hydrogens is 244 g/mol. The summed E-state index contributed by atoms with van der Waals surface area (Å²) in [6.07, 6.45) is 1.31. The quantitative estimate of drug-likeness (QED) is 0.885. The predicted molar refractivity (Wildman–Crippen MR) is 78.1 cm³/mol. The molecule has 1 N–H and O–H groups in total. The zero-order chi connectivity index (χ0) is 11.9. The standard InChI is InChI=1S/C15H22N2.ClH/c1-12-14-6-4-3-5-13(14)9-17(12)11-15(2)7-8-16-10-15;/h3-6,12,16H,7-11H2,1-2H3;1H. The Hall–Kier alpha value is -0.570. The summed E-state index contributed by atoms with van der Waals surface area (Å²) in [5.41, 5.74) is 3.52. The molecule has 1 fully saturated rings. The summed E-state index contributed by atoms with van der Waals surface area (Å²) < 4.78 is 0. The first-order chi connectivity index (χ1) is 8.18. The van der Waals surface area contributed by atoms with Gasteiger partial charge in [-0.2, -0.15) is 0 Å². The number of halogens is 1. The highest BCUT2D eigenvalue weighted by molar-refractivity contribution is 5.85. The summed E-state index contributed by atoms with van der Waals surface area (Å²) in [5, 5.41) is 3.50. The van der Waals surface area contributed by atoms with Crippen LogP contribution in [0.15, 0.2) is 24.3 Å². The van der Waals surface area contributed by atoms with Gasteiger partial charge in [-0.15, -0.1) is 12.4 Å². The van der Waals surface area contributed by atoms with Crippen LogP contribution in [0.2, 0.25) is 0 Å². The molecule has 0 aliphatic carbocycles. The lowest BCUT2D eigenvalue weighted by Crippen LogP contribution is -2.35. The molecule has 1 saturated heterocycles. The van der Waals surface area contributed by atoms with Crippen molar-refractivity contribution in [3.05, 3.63) is 35.4 Å². The van der Waals surface area contributed by atoms with Crippen LogP contribution in [0, 0.1) is 5.41 Å². The summed E-state index contributed by atoms with van der Waals surface area (Å²) in [4.78, 5) is 2.64. The Labute approximate surface area is 116 Å². The maximum absolute atomic E-state index is 3.50. The molecule has 2 atom stereocenters. The predicted octanol–water partition coefficient (Wildman–Crippen LogP) is 2.98. The molecule has 1 aromatic carbocycles. The lowest BCUT2D eigenvalue weighted by molar-refractivity contribution is 0.147. The number of rotatable bonds is 2. The average molecular weight is 267 g/mol. The van der Waals surface area contributed by atoms with Crippen molar-refractivity contribution in [1.29, 1.82) is 0 Å². The van der Waals surface area contributed by atoms with Crippen LogP contribution >= 0.6 is 12.4 Å². The van der Waals surface area contributed by atoms with Gasteiger partial charge in [0, 0.05) is 25.7 Å². The van der Waals surface area contributed by atoms with E-state index in [-0.39, 0.29) is 12.4 Å². The van der Waals surface area contributed by atoms with E-state index >= 15 is 0 Å². The van der Waals surface area contributed by atoms with Gasteiger partial charge in [0.1, 0.15) is 0 Å². The van der Waals surface area contributed by atoms with Crippen LogP contribution < -0.4 is 5.32 Å². The van der Waals surface area contributed by atoms with Crippen molar-refractivity contribution in [2.24, 2.45) is 5.41 Å². The Morgan fingerprint density at radius 3 is 2.83 bits per heavy atom. The summed E-state index contributed by atoms with van der Waals surface area (Å²) in [6, 6.07) is 9.48. The van der Waals surface area contributed by atoms with Crippen molar-refractivity contribution in [3.63, 3.8) is 0 Å². The fourth-order valence-corrected chi connectivity index (χ4v) is 3.32. The monoisotopic (exact) mass is 266 g/mol. The third-order valence-electron chi connectivity index (χ3n) is 4.47. The van der Waals surface area contributed by atoms with Gasteiger partial charge in [-0.25, -0.2) is 0 Å². The third-order valence-corrected chi connectivity index (χ3v) is 4.47. The van der Waals surface area contributed by atoms with Crippen LogP contribution in [0.4, 0.5) is 0 Å². The summed E-state index contributed by atoms with van der Waals surface area (Å²) in [6.45, 7) is 9.47. The van der Waals surface area contributed by atoms with Gasteiger partial charge in [0.25, 0.3) is 0 Å². The van der Waals surface area contributed by atoms with Gasteiger partial charge in [0.05, 0.1) is 0 Å². The van der Waals surface area contributed by atoms with Crippen molar-refractivity contribution in [3.8, 4) is 0 Å². The van der Waals surface area contributed by atoms with Gasteiger partial charge in [0.15, 0.2) is 0 Å². The molecule has 0 bridgehead atoms. The summed E-state index contributed by atoms with van der Waals surface area (Å²) in [7, 11) is 0. The van der Waals surface area contributed by atoms with Crippen molar-refractivity contribution < 1.29 is 0 Å². The van der Waals surface area contributed by atoms with Crippen LogP contribution in [0.5, 0.6) is 0 Å². The Kier molecular flexibility index (Phi) is 4.00. The zero-order valence-electron chi connectivity index (χ0n) is 11.3. The van der Waals surface area contributed by atoms with Crippen molar-refractivity contribution in [2.45, 2.75) is 32.9 Å². The Bertz CT molecular complexity index is 413. The molecule has 0 spiro atoms.